The lowest BCUT2D eigenvalue weighted by molar-refractivity contribution is -0.167. The van der Waals surface area contributed by atoms with Crippen molar-refractivity contribution in [2.45, 2.75) is 348 Å². The van der Waals surface area contributed by atoms with E-state index in [0.29, 0.717) is 19.3 Å². The second-order valence-corrected chi connectivity index (χ2v) is 22.4. The molecular weight excluding hydrogens is 949 g/mol. The summed E-state index contributed by atoms with van der Waals surface area (Å²) < 4.78 is 17.0. The highest BCUT2D eigenvalue weighted by Gasteiger charge is 2.19. The number of carbonyl (C=O) groups is 3. The predicted octanol–water partition coefficient (Wildman–Crippen LogP) is 22.9. The van der Waals surface area contributed by atoms with Gasteiger partial charge in [0.2, 0.25) is 0 Å². The molecule has 0 heterocycles. The molecule has 0 fully saturated rings. The van der Waals surface area contributed by atoms with Gasteiger partial charge in [-0.3, -0.25) is 14.4 Å². The molecule has 0 aliphatic heterocycles. The van der Waals surface area contributed by atoms with Gasteiger partial charge in [-0.1, -0.05) is 306 Å². The first-order chi connectivity index (χ1) is 38.0. The smallest absolute Gasteiger partial charge is 0.306 e. The molecule has 0 aromatic carbocycles. The fourth-order valence-corrected chi connectivity index (χ4v) is 9.70. The number of hydrogen-bond acceptors (Lipinski definition) is 6. The Labute approximate surface area is 478 Å². The Morgan fingerprint density at radius 2 is 0.506 bits per heavy atom. The van der Waals surface area contributed by atoms with Crippen LogP contribution in [-0.4, -0.2) is 37.2 Å². The van der Waals surface area contributed by atoms with Crippen LogP contribution in [0.15, 0.2) is 72.9 Å². The fraction of sp³-hybridized carbons (Fsp3) is 0.789. The van der Waals surface area contributed by atoms with Gasteiger partial charge in [-0.15, -0.1) is 0 Å². The highest BCUT2D eigenvalue weighted by atomic mass is 16.6. The minimum atomic E-state index is -0.781. The highest BCUT2D eigenvalue weighted by Crippen LogP contribution is 2.17. The zero-order valence-electron chi connectivity index (χ0n) is 51.2. The minimum absolute atomic E-state index is 0.0778. The zero-order valence-corrected chi connectivity index (χ0v) is 51.2. The third-order valence-electron chi connectivity index (χ3n) is 14.7. The minimum Gasteiger partial charge on any atom is -0.462 e. The predicted molar refractivity (Wildman–Crippen MR) is 335 cm³/mol. The highest BCUT2D eigenvalue weighted by molar-refractivity contribution is 5.71. The molecule has 0 bridgehead atoms. The van der Waals surface area contributed by atoms with Crippen LogP contribution in [0.4, 0.5) is 0 Å². The van der Waals surface area contributed by atoms with Crippen LogP contribution in [-0.2, 0) is 28.6 Å². The van der Waals surface area contributed by atoms with Crippen molar-refractivity contribution in [3.05, 3.63) is 72.9 Å². The standard InChI is InChI=1S/C71H126O6/c1-4-7-10-13-16-19-22-25-28-31-33-34-35-36-37-38-39-41-43-46-49-52-55-58-61-64-70(73)76-67-68(66-75-69(72)63-60-57-54-51-48-45-42-30-27-24-21-18-15-12-9-6-3)77-71(74)65-62-59-56-53-50-47-44-40-32-29-26-23-20-17-14-11-8-5-2/h7,10,16,19,25,28,30,33-34,36-37,42,68H,4-6,8-9,11-15,17-18,20-24,26-27,29,31-32,35,38-41,43-67H2,1-3H3/b10-7-,19-16-,28-25-,34-33-,37-36-,42-30-. The Bertz CT molecular complexity index is 1420. The van der Waals surface area contributed by atoms with Crippen molar-refractivity contribution in [1.29, 1.82) is 0 Å². The van der Waals surface area contributed by atoms with E-state index in [-0.39, 0.29) is 31.1 Å². The molecule has 446 valence electrons. The number of esters is 3. The number of carbonyl (C=O) groups excluding carboxylic acids is 3. The fourth-order valence-electron chi connectivity index (χ4n) is 9.70. The van der Waals surface area contributed by atoms with E-state index < -0.39 is 6.10 Å². The Balaban J connectivity index is 4.34. The van der Waals surface area contributed by atoms with E-state index in [1.165, 1.54) is 199 Å². The zero-order chi connectivity index (χ0) is 55.7. The Hall–Kier alpha value is -3.15. The molecule has 0 saturated carbocycles. The molecule has 6 nitrogen and oxygen atoms in total. The average molecular weight is 1080 g/mol. The largest absolute Gasteiger partial charge is 0.462 e. The van der Waals surface area contributed by atoms with Crippen LogP contribution in [0.1, 0.15) is 342 Å². The molecule has 77 heavy (non-hydrogen) atoms. The molecule has 0 aromatic rings. The van der Waals surface area contributed by atoms with Crippen molar-refractivity contribution >= 4 is 17.9 Å². The average Bonchev–Trinajstić information content (AvgIpc) is 3.43. The van der Waals surface area contributed by atoms with Crippen LogP contribution in [0.5, 0.6) is 0 Å². The normalized spacial score (nSPS) is 12.5. The second kappa shape index (κ2) is 65.4. The maximum atomic E-state index is 12.9. The summed E-state index contributed by atoms with van der Waals surface area (Å²) in [6, 6.07) is 0. The monoisotopic (exact) mass is 1070 g/mol. The quantitative estimate of drug-likeness (QED) is 0.0261. The van der Waals surface area contributed by atoms with Crippen molar-refractivity contribution in [1.82, 2.24) is 0 Å². The van der Waals surface area contributed by atoms with Gasteiger partial charge in [-0.25, -0.2) is 0 Å². The van der Waals surface area contributed by atoms with E-state index in [1.807, 2.05) is 0 Å². The van der Waals surface area contributed by atoms with E-state index in [4.69, 9.17) is 14.2 Å². The molecule has 0 saturated heterocycles. The molecule has 1 unspecified atom stereocenters. The number of rotatable bonds is 61. The summed E-state index contributed by atoms with van der Waals surface area (Å²) in [6.07, 6.45) is 84.8. The number of unbranched alkanes of at least 4 members (excludes halogenated alkanes) is 38. The first-order valence-electron chi connectivity index (χ1n) is 33.4. The summed E-state index contributed by atoms with van der Waals surface area (Å²) in [5.41, 5.74) is 0. The lowest BCUT2D eigenvalue weighted by Gasteiger charge is -2.18. The van der Waals surface area contributed by atoms with Crippen molar-refractivity contribution in [3.63, 3.8) is 0 Å². The molecule has 1 atom stereocenters. The molecule has 0 N–H and O–H groups in total. The summed E-state index contributed by atoms with van der Waals surface area (Å²) >= 11 is 0. The molecule has 0 spiro atoms. The van der Waals surface area contributed by atoms with Crippen molar-refractivity contribution in [2.75, 3.05) is 13.2 Å². The van der Waals surface area contributed by atoms with Gasteiger partial charge in [0, 0.05) is 19.3 Å². The molecule has 0 radical (unpaired) electrons. The van der Waals surface area contributed by atoms with Gasteiger partial charge in [-0.2, -0.15) is 0 Å². The number of hydrogen-bond donors (Lipinski definition) is 0. The van der Waals surface area contributed by atoms with Gasteiger partial charge in [0.25, 0.3) is 0 Å². The summed E-state index contributed by atoms with van der Waals surface area (Å²) in [4.78, 5) is 38.4. The van der Waals surface area contributed by atoms with Crippen LogP contribution in [0.25, 0.3) is 0 Å². The van der Waals surface area contributed by atoms with Crippen LogP contribution >= 0.6 is 0 Å². The maximum absolute atomic E-state index is 12.9. The van der Waals surface area contributed by atoms with E-state index in [2.05, 4.69) is 93.7 Å². The van der Waals surface area contributed by atoms with Crippen LogP contribution in [0, 0.1) is 0 Å². The van der Waals surface area contributed by atoms with Gasteiger partial charge < -0.3 is 14.2 Å². The third-order valence-corrected chi connectivity index (χ3v) is 14.7. The first-order valence-corrected chi connectivity index (χ1v) is 33.4. The van der Waals surface area contributed by atoms with Crippen molar-refractivity contribution < 1.29 is 28.6 Å². The Morgan fingerprint density at radius 1 is 0.273 bits per heavy atom. The van der Waals surface area contributed by atoms with Gasteiger partial charge in [-0.05, 0) is 89.9 Å². The van der Waals surface area contributed by atoms with Crippen molar-refractivity contribution in [3.8, 4) is 0 Å². The van der Waals surface area contributed by atoms with Gasteiger partial charge in [0.05, 0.1) is 0 Å². The molecule has 0 aliphatic carbocycles. The first kappa shape index (κ1) is 73.8. The third kappa shape index (κ3) is 63.6. The van der Waals surface area contributed by atoms with Gasteiger partial charge >= 0.3 is 17.9 Å². The summed E-state index contributed by atoms with van der Waals surface area (Å²) in [5.74, 6) is -0.871. The van der Waals surface area contributed by atoms with Crippen molar-refractivity contribution in [2.24, 2.45) is 0 Å². The lowest BCUT2D eigenvalue weighted by atomic mass is 10.0. The molecule has 0 aromatic heterocycles. The second-order valence-electron chi connectivity index (χ2n) is 22.4. The number of ether oxygens (including phenoxy) is 3. The molecule has 0 amide bonds. The molecule has 6 heteroatoms. The number of allylic oxidation sites excluding steroid dienone is 12. The maximum Gasteiger partial charge on any atom is 0.306 e. The van der Waals surface area contributed by atoms with E-state index >= 15 is 0 Å². The van der Waals surface area contributed by atoms with E-state index in [9.17, 15) is 14.4 Å². The summed E-state index contributed by atoms with van der Waals surface area (Å²) in [7, 11) is 0. The summed E-state index contributed by atoms with van der Waals surface area (Å²) in [5, 5.41) is 0. The Kier molecular flexibility index (Phi) is 62.7. The van der Waals surface area contributed by atoms with Crippen LogP contribution in [0.3, 0.4) is 0 Å². The van der Waals surface area contributed by atoms with E-state index in [0.717, 1.165) is 103 Å². The van der Waals surface area contributed by atoms with Gasteiger partial charge in [0.1, 0.15) is 13.2 Å². The van der Waals surface area contributed by atoms with E-state index in [1.54, 1.807) is 0 Å². The molecular formula is C71H126O6. The summed E-state index contributed by atoms with van der Waals surface area (Å²) in [6.45, 7) is 6.56. The molecule has 0 aliphatic rings. The van der Waals surface area contributed by atoms with Crippen LogP contribution < -0.4 is 0 Å². The topological polar surface area (TPSA) is 78.9 Å². The molecule has 0 rings (SSSR count). The SMILES string of the molecule is CC/C=C\C/C=C\C/C=C\C/C=C\C/C=C\CCCCCCCCCCCC(=O)OCC(COC(=O)CCCCCCC/C=C\CCCCCCCCC)OC(=O)CCCCCCCCCCCCCCCCCCCC. The lowest BCUT2D eigenvalue weighted by Crippen LogP contribution is -2.30. The van der Waals surface area contributed by atoms with Gasteiger partial charge in [0.15, 0.2) is 6.10 Å². The van der Waals surface area contributed by atoms with Crippen LogP contribution in [0.2, 0.25) is 0 Å². The Morgan fingerprint density at radius 3 is 0.805 bits per heavy atom.